The molecule has 0 spiro atoms. The van der Waals surface area contributed by atoms with Crippen molar-refractivity contribution in [3.8, 4) is 0 Å². The largest absolute Gasteiger partial charge is 0.378 e. The Balaban J connectivity index is 1.75. The topological polar surface area (TPSA) is 50.2 Å². The predicted molar refractivity (Wildman–Crippen MR) is 98.5 cm³/mol. The third-order valence-corrected chi connectivity index (χ3v) is 4.45. The molecule has 5 heteroatoms. The van der Waals surface area contributed by atoms with Crippen molar-refractivity contribution in [3.63, 3.8) is 0 Å². The number of carbonyl (C=O) groups is 1. The standard InChI is InChI=1S/C19H28N4O/c1-14-18(15(2)23(5)21-14)12-13-20-19(24)11-8-16-6-9-17(10-7-16)22(3)4/h6-7,9-10H,8,11-13H2,1-5H3,(H,20,24). The van der Waals surface area contributed by atoms with Crippen molar-refractivity contribution in [2.24, 2.45) is 7.05 Å². The van der Waals surface area contributed by atoms with Crippen LogP contribution in [0, 0.1) is 13.8 Å². The van der Waals surface area contributed by atoms with Crippen LogP contribution in [0.25, 0.3) is 0 Å². The first-order valence-corrected chi connectivity index (χ1v) is 8.40. The third-order valence-electron chi connectivity index (χ3n) is 4.45. The first-order chi connectivity index (χ1) is 11.4. The number of anilines is 1. The van der Waals surface area contributed by atoms with E-state index in [4.69, 9.17) is 0 Å². The van der Waals surface area contributed by atoms with Crippen molar-refractivity contribution in [1.29, 1.82) is 0 Å². The van der Waals surface area contributed by atoms with E-state index in [9.17, 15) is 4.79 Å². The molecule has 1 N–H and O–H groups in total. The van der Waals surface area contributed by atoms with E-state index in [-0.39, 0.29) is 5.91 Å². The molecular weight excluding hydrogens is 300 g/mol. The van der Waals surface area contributed by atoms with E-state index in [1.54, 1.807) is 0 Å². The number of hydrogen-bond donors (Lipinski definition) is 1. The summed E-state index contributed by atoms with van der Waals surface area (Å²) in [5, 5.41) is 7.41. The summed E-state index contributed by atoms with van der Waals surface area (Å²) in [7, 11) is 5.99. The fourth-order valence-corrected chi connectivity index (χ4v) is 2.81. The number of rotatable bonds is 7. The van der Waals surface area contributed by atoms with Crippen LogP contribution in [0.15, 0.2) is 24.3 Å². The van der Waals surface area contributed by atoms with E-state index in [2.05, 4.69) is 46.5 Å². The van der Waals surface area contributed by atoms with Gasteiger partial charge in [-0.15, -0.1) is 0 Å². The Bertz CT molecular complexity index is 686. The smallest absolute Gasteiger partial charge is 0.220 e. The molecule has 130 valence electrons. The Morgan fingerprint density at radius 3 is 2.38 bits per heavy atom. The minimum atomic E-state index is 0.103. The highest BCUT2D eigenvalue weighted by molar-refractivity contribution is 5.76. The van der Waals surface area contributed by atoms with Gasteiger partial charge in [0, 0.05) is 45.5 Å². The normalized spacial score (nSPS) is 10.7. The lowest BCUT2D eigenvalue weighted by Crippen LogP contribution is -2.26. The fourth-order valence-electron chi connectivity index (χ4n) is 2.81. The molecule has 5 nitrogen and oxygen atoms in total. The molecular formula is C19H28N4O. The molecule has 24 heavy (non-hydrogen) atoms. The number of carbonyl (C=O) groups excluding carboxylic acids is 1. The number of nitrogens with one attached hydrogen (secondary N) is 1. The minimum absolute atomic E-state index is 0.103. The summed E-state index contributed by atoms with van der Waals surface area (Å²) in [6.45, 7) is 4.74. The highest BCUT2D eigenvalue weighted by atomic mass is 16.1. The number of aromatic nitrogens is 2. The van der Waals surface area contributed by atoms with Crippen molar-refractivity contribution < 1.29 is 4.79 Å². The van der Waals surface area contributed by atoms with Gasteiger partial charge in [0.15, 0.2) is 0 Å². The first kappa shape index (κ1) is 18.0. The van der Waals surface area contributed by atoms with Crippen molar-refractivity contribution in [2.75, 3.05) is 25.5 Å². The van der Waals surface area contributed by atoms with Gasteiger partial charge < -0.3 is 10.2 Å². The number of amides is 1. The van der Waals surface area contributed by atoms with Gasteiger partial charge >= 0.3 is 0 Å². The van der Waals surface area contributed by atoms with Crippen LogP contribution in [0.4, 0.5) is 5.69 Å². The lowest BCUT2D eigenvalue weighted by molar-refractivity contribution is -0.121. The second-order valence-corrected chi connectivity index (χ2v) is 6.43. The van der Waals surface area contributed by atoms with E-state index in [0.717, 1.165) is 18.5 Å². The quantitative estimate of drug-likeness (QED) is 0.849. The van der Waals surface area contributed by atoms with Crippen LogP contribution in [0.2, 0.25) is 0 Å². The molecule has 0 saturated heterocycles. The maximum atomic E-state index is 12.0. The summed E-state index contributed by atoms with van der Waals surface area (Å²) in [4.78, 5) is 14.1. The zero-order valence-electron chi connectivity index (χ0n) is 15.4. The molecule has 1 amide bonds. The molecule has 0 bridgehead atoms. The van der Waals surface area contributed by atoms with Crippen molar-refractivity contribution in [3.05, 3.63) is 46.8 Å². The molecule has 0 unspecified atom stereocenters. The van der Waals surface area contributed by atoms with E-state index >= 15 is 0 Å². The zero-order valence-corrected chi connectivity index (χ0v) is 15.4. The maximum absolute atomic E-state index is 12.0. The average molecular weight is 328 g/mol. The van der Waals surface area contributed by atoms with Gasteiger partial charge in [-0.3, -0.25) is 9.48 Å². The van der Waals surface area contributed by atoms with Crippen LogP contribution in [0.3, 0.4) is 0 Å². The fraction of sp³-hybridized carbons (Fsp3) is 0.474. The molecule has 0 saturated carbocycles. The zero-order chi connectivity index (χ0) is 17.7. The number of nitrogens with zero attached hydrogens (tertiary/aromatic N) is 3. The molecule has 0 aliphatic rings. The molecule has 0 atom stereocenters. The molecule has 2 rings (SSSR count). The molecule has 1 aromatic heterocycles. The van der Waals surface area contributed by atoms with Crippen LogP contribution >= 0.6 is 0 Å². The van der Waals surface area contributed by atoms with Crippen molar-refractivity contribution in [1.82, 2.24) is 15.1 Å². The van der Waals surface area contributed by atoms with Gasteiger partial charge in [-0.2, -0.15) is 5.10 Å². The molecule has 0 aliphatic carbocycles. The van der Waals surface area contributed by atoms with E-state index in [0.29, 0.717) is 13.0 Å². The Morgan fingerprint density at radius 2 is 1.83 bits per heavy atom. The van der Waals surface area contributed by atoms with Crippen molar-refractivity contribution >= 4 is 11.6 Å². The minimum Gasteiger partial charge on any atom is -0.378 e. The summed E-state index contributed by atoms with van der Waals surface area (Å²) >= 11 is 0. The van der Waals surface area contributed by atoms with Gasteiger partial charge in [0.25, 0.3) is 0 Å². The summed E-state index contributed by atoms with van der Waals surface area (Å²) in [6, 6.07) is 8.35. The Labute approximate surface area is 144 Å². The average Bonchev–Trinajstić information content (AvgIpc) is 2.79. The lowest BCUT2D eigenvalue weighted by Gasteiger charge is -2.12. The molecule has 0 aliphatic heterocycles. The van der Waals surface area contributed by atoms with Gasteiger partial charge in [0.1, 0.15) is 0 Å². The Hall–Kier alpha value is -2.30. The Morgan fingerprint density at radius 1 is 1.17 bits per heavy atom. The number of hydrogen-bond acceptors (Lipinski definition) is 3. The SMILES string of the molecule is Cc1nn(C)c(C)c1CCNC(=O)CCc1ccc(N(C)C)cc1. The van der Waals surface area contributed by atoms with Crippen molar-refractivity contribution in [2.45, 2.75) is 33.1 Å². The Kier molecular flexibility index (Phi) is 6.01. The van der Waals surface area contributed by atoms with Crippen LogP contribution in [0.5, 0.6) is 0 Å². The number of benzene rings is 1. The van der Waals surface area contributed by atoms with Crippen LogP contribution < -0.4 is 10.2 Å². The first-order valence-electron chi connectivity index (χ1n) is 8.40. The monoisotopic (exact) mass is 328 g/mol. The van der Waals surface area contributed by atoms with Crippen LogP contribution in [-0.4, -0.2) is 36.3 Å². The van der Waals surface area contributed by atoms with E-state index in [1.807, 2.05) is 32.7 Å². The summed E-state index contributed by atoms with van der Waals surface area (Å²) < 4.78 is 1.89. The highest BCUT2D eigenvalue weighted by Gasteiger charge is 2.09. The van der Waals surface area contributed by atoms with E-state index < -0.39 is 0 Å². The van der Waals surface area contributed by atoms with Gasteiger partial charge in [-0.25, -0.2) is 0 Å². The summed E-state index contributed by atoms with van der Waals surface area (Å²) in [6.07, 6.45) is 2.12. The summed E-state index contributed by atoms with van der Waals surface area (Å²) in [5.74, 6) is 0.103. The molecule has 2 aromatic rings. The predicted octanol–water partition coefficient (Wildman–Crippen LogP) is 2.39. The molecule has 1 heterocycles. The molecule has 0 fully saturated rings. The van der Waals surface area contributed by atoms with Gasteiger partial charge in [0.05, 0.1) is 5.69 Å². The van der Waals surface area contributed by atoms with Crippen LogP contribution in [-0.2, 0) is 24.7 Å². The van der Waals surface area contributed by atoms with E-state index in [1.165, 1.54) is 22.5 Å². The number of aryl methyl sites for hydroxylation is 3. The second kappa shape index (κ2) is 7.99. The lowest BCUT2D eigenvalue weighted by atomic mass is 10.1. The maximum Gasteiger partial charge on any atom is 0.220 e. The van der Waals surface area contributed by atoms with Gasteiger partial charge in [0.2, 0.25) is 5.91 Å². The van der Waals surface area contributed by atoms with Gasteiger partial charge in [-0.05, 0) is 49.9 Å². The van der Waals surface area contributed by atoms with Crippen LogP contribution in [0.1, 0.15) is 28.9 Å². The van der Waals surface area contributed by atoms with Gasteiger partial charge in [-0.1, -0.05) is 12.1 Å². The second-order valence-electron chi connectivity index (χ2n) is 6.43. The molecule has 0 radical (unpaired) electrons. The highest BCUT2D eigenvalue weighted by Crippen LogP contribution is 2.14. The molecule has 1 aromatic carbocycles. The summed E-state index contributed by atoms with van der Waals surface area (Å²) in [5.41, 5.74) is 5.81. The third kappa shape index (κ3) is 4.60.